The zero-order valence-corrected chi connectivity index (χ0v) is 16.7. The topological polar surface area (TPSA) is 93.9 Å². The summed E-state index contributed by atoms with van der Waals surface area (Å²) in [6.07, 6.45) is -0.766. The van der Waals surface area contributed by atoms with Gasteiger partial charge in [-0.25, -0.2) is 17.6 Å². The molecule has 0 bridgehead atoms. The number of carbonyl (C=O) groups is 2. The maximum Gasteiger partial charge on any atom is 0.375 e. The van der Waals surface area contributed by atoms with Crippen molar-refractivity contribution in [2.45, 2.75) is 39.3 Å². The largest absolute Gasteiger partial charge is 0.447 e. The van der Waals surface area contributed by atoms with E-state index in [0.29, 0.717) is 23.9 Å². The Morgan fingerprint density at radius 2 is 2.11 bits per heavy atom. The molecule has 2 unspecified atom stereocenters. The van der Waals surface area contributed by atoms with Crippen molar-refractivity contribution in [3.05, 3.63) is 35.3 Å². The average molecular weight is 411 g/mol. The predicted octanol–water partition coefficient (Wildman–Crippen LogP) is 2.46. The molecule has 9 heteroatoms. The number of fused-ring (bicyclic) bond motifs is 1. The summed E-state index contributed by atoms with van der Waals surface area (Å²) in [6, 6.07) is 3.94. The molecule has 2 heterocycles. The molecule has 1 saturated heterocycles. The van der Waals surface area contributed by atoms with Gasteiger partial charge in [-0.3, -0.25) is 4.79 Å². The van der Waals surface area contributed by atoms with Crippen LogP contribution in [-0.4, -0.2) is 55.4 Å². The molecule has 3 rings (SSSR count). The van der Waals surface area contributed by atoms with Gasteiger partial charge in [0.05, 0.1) is 11.5 Å². The van der Waals surface area contributed by atoms with Crippen LogP contribution in [0.15, 0.2) is 22.6 Å². The molecule has 1 aliphatic rings. The predicted molar refractivity (Wildman–Crippen MR) is 100 cm³/mol. The first kappa shape index (κ1) is 20.3. The van der Waals surface area contributed by atoms with Crippen molar-refractivity contribution < 1.29 is 31.6 Å². The summed E-state index contributed by atoms with van der Waals surface area (Å²) in [5, 5.41) is 0.456. The monoisotopic (exact) mass is 411 g/mol. The summed E-state index contributed by atoms with van der Waals surface area (Å²) in [7, 11) is -3.15. The van der Waals surface area contributed by atoms with Crippen LogP contribution in [0.2, 0.25) is 0 Å². The van der Waals surface area contributed by atoms with Gasteiger partial charge >= 0.3 is 5.97 Å². The van der Waals surface area contributed by atoms with E-state index in [2.05, 4.69) is 0 Å². The molecule has 2 aromatic rings. The third kappa shape index (κ3) is 3.76. The summed E-state index contributed by atoms with van der Waals surface area (Å²) >= 11 is 0. The van der Waals surface area contributed by atoms with Gasteiger partial charge in [-0.2, -0.15) is 0 Å². The van der Waals surface area contributed by atoms with Crippen molar-refractivity contribution in [1.29, 1.82) is 0 Å². The fourth-order valence-corrected chi connectivity index (χ4v) is 5.25. The van der Waals surface area contributed by atoms with E-state index < -0.39 is 39.7 Å². The number of hydrogen-bond acceptors (Lipinski definition) is 6. The van der Waals surface area contributed by atoms with Crippen LogP contribution in [0.25, 0.3) is 11.0 Å². The number of nitrogens with zero attached hydrogens (tertiary/aromatic N) is 1. The van der Waals surface area contributed by atoms with E-state index in [9.17, 15) is 22.4 Å². The Bertz CT molecular complexity index is 1030. The first-order chi connectivity index (χ1) is 13.1. The molecule has 1 aromatic carbocycles. The molecule has 1 amide bonds. The molecular weight excluding hydrogens is 389 g/mol. The third-order valence-corrected chi connectivity index (χ3v) is 6.76. The standard InChI is InChI=1S/C19H22FNO6S/c1-4-21(13-8-9-28(24,25)10-13)18(22)12(3)26-19(23)16-11(2)14-6-5-7-15(20)17(14)27-16/h5-7,12-13H,4,8-10H2,1-3H3. The lowest BCUT2D eigenvalue weighted by Crippen LogP contribution is -2.46. The molecule has 0 N–H and O–H groups in total. The second-order valence-corrected chi connectivity index (χ2v) is 9.13. The quantitative estimate of drug-likeness (QED) is 0.702. The number of ether oxygens (including phenoxy) is 1. The van der Waals surface area contributed by atoms with Gasteiger partial charge in [0.25, 0.3) is 5.91 Å². The fraction of sp³-hybridized carbons (Fsp3) is 0.474. The van der Waals surface area contributed by atoms with Crippen LogP contribution < -0.4 is 0 Å². The zero-order valence-electron chi connectivity index (χ0n) is 15.9. The van der Waals surface area contributed by atoms with E-state index >= 15 is 0 Å². The minimum absolute atomic E-state index is 0.0410. The molecule has 0 saturated carbocycles. The number of carbonyl (C=O) groups excluding carboxylic acids is 2. The molecule has 0 spiro atoms. The van der Waals surface area contributed by atoms with Gasteiger partial charge in [-0.05, 0) is 33.3 Å². The van der Waals surface area contributed by atoms with Crippen LogP contribution in [-0.2, 0) is 19.4 Å². The van der Waals surface area contributed by atoms with Crippen LogP contribution in [0.1, 0.15) is 36.4 Å². The highest BCUT2D eigenvalue weighted by atomic mass is 32.2. The Morgan fingerprint density at radius 1 is 1.39 bits per heavy atom. The summed E-state index contributed by atoms with van der Waals surface area (Å²) < 4.78 is 47.8. The molecule has 2 atom stereocenters. The number of furan rings is 1. The number of likely N-dealkylation sites (N-methyl/N-ethyl adjacent to an activating group) is 1. The smallest absolute Gasteiger partial charge is 0.375 e. The number of esters is 1. The van der Waals surface area contributed by atoms with Crippen molar-refractivity contribution in [2.24, 2.45) is 0 Å². The molecule has 28 heavy (non-hydrogen) atoms. The highest BCUT2D eigenvalue weighted by Crippen LogP contribution is 2.28. The van der Waals surface area contributed by atoms with Crippen LogP contribution in [0.5, 0.6) is 0 Å². The van der Waals surface area contributed by atoms with Gasteiger partial charge in [0.1, 0.15) is 0 Å². The number of para-hydroxylation sites is 1. The lowest BCUT2D eigenvalue weighted by atomic mass is 10.1. The van der Waals surface area contributed by atoms with Crippen LogP contribution in [0, 0.1) is 12.7 Å². The molecule has 1 fully saturated rings. The first-order valence-electron chi connectivity index (χ1n) is 9.04. The zero-order chi connectivity index (χ0) is 20.6. The van der Waals surface area contributed by atoms with Crippen molar-refractivity contribution in [2.75, 3.05) is 18.1 Å². The second-order valence-electron chi connectivity index (χ2n) is 6.90. The van der Waals surface area contributed by atoms with E-state index in [1.54, 1.807) is 19.9 Å². The molecule has 0 radical (unpaired) electrons. The number of aryl methyl sites for hydroxylation is 1. The molecular formula is C19H22FNO6S. The SMILES string of the molecule is CCN(C(=O)C(C)OC(=O)c1oc2c(F)cccc2c1C)C1CCS(=O)(=O)C1. The first-order valence-corrected chi connectivity index (χ1v) is 10.9. The van der Waals surface area contributed by atoms with Crippen LogP contribution in [0.4, 0.5) is 4.39 Å². The van der Waals surface area contributed by atoms with Gasteiger partial charge in [-0.1, -0.05) is 12.1 Å². The number of benzene rings is 1. The Hall–Kier alpha value is -2.42. The molecule has 7 nitrogen and oxygen atoms in total. The molecule has 152 valence electrons. The third-order valence-electron chi connectivity index (χ3n) is 5.01. The number of hydrogen-bond donors (Lipinski definition) is 0. The summed E-state index contributed by atoms with van der Waals surface area (Å²) in [5.41, 5.74) is 0.380. The number of halogens is 1. The van der Waals surface area contributed by atoms with E-state index in [1.165, 1.54) is 24.0 Å². The second kappa shape index (κ2) is 7.54. The minimum atomic E-state index is -3.15. The molecule has 1 aromatic heterocycles. The highest BCUT2D eigenvalue weighted by Gasteiger charge is 2.36. The van der Waals surface area contributed by atoms with Crippen LogP contribution >= 0.6 is 0 Å². The Balaban J connectivity index is 1.76. The van der Waals surface area contributed by atoms with Crippen molar-refractivity contribution in [3.63, 3.8) is 0 Å². The molecule has 1 aliphatic heterocycles. The van der Waals surface area contributed by atoms with E-state index in [1.807, 2.05) is 0 Å². The van der Waals surface area contributed by atoms with Crippen LogP contribution in [0.3, 0.4) is 0 Å². The normalized spacial score (nSPS) is 19.5. The van der Waals surface area contributed by atoms with Gasteiger partial charge in [0, 0.05) is 23.5 Å². The average Bonchev–Trinajstić information content (AvgIpc) is 3.16. The van der Waals surface area contributed by atoms with Gasteiger partial charge < -0.3 is 14.1 Å². The number of amides is 1. The Kier molecular flexibility index (Phi) is 5.47. The molecule has 0 aliphatic carbocycles. The van der Waals surface area contributed by atoms with Crippen molar-refractivity contribution in [1.82, 2.24) is 4.90 Å². The fourth-order valence-electron chi connectivity index (χ4n) is 3.52. The van der Waals surface area contributed by atoms with Crippen molar-refractivity contribution in [3.8, 4) is 0 Å². The Labute approximate surface area is 162 Å². The van der Waals surface area contributed by atoms with Gasteiger partial charge in [0.2, 0.25) is 5.76 Å². The maximum absolute atomic E-state index is 13.9. The van der Waals surface area contributed by atoms with E-state index in [0.717, 1.165) is 0 Å². The summed E-state index contributed by atoms with van der Waals surface area (Å²) in [4.78, 5) is 26.6. The van der Waals surface area contributed by atoms with Gasteiger partial charge in [0.15, 0.2) is 27.3 Å². The highest BCUT2D eigenvalue weighted by molar-refractivity contribution is 7.91. The van der Waals surface area contributed by atoms with Gasteiger partial charge in [-0.15, -0.1) is 0 Å². The van der Waals surface area contributed by atoms with Crippen molar-refractivity contribution >= 4 is 32.7 Å². The Morgan fingerprint density at radius 3 is 2.68 bits per heavy atom. The van der Waals surface area contributed by atoms with E-state index in [4.69, 9.17) is 9.15 Å². The lowest BCUT2D eigenvalue weighted by molar-refractivity contribution is -0.141. The summed E-state index contributed by atoms with van der Waals surface area (Å²) in [6.45, 7) is 5.07. The number of sulfone groups is 1. The maximum atomic E-state index is 13.9. The minimum Gasteiger partial charge on any atom is -0.447 e. The number of rotatable bonds is 5. The summed E-state index contributed by atoms with van der Waals surface area (Å²) in [5.74, 6) is -2.15. The lowest BCUT2D eigenvalue weighted by Gasteiger charge is -2.29. The van der Waals surface area contributed by atoms with E-state index in [-0.39, 0.29) is 22.8 Å².